The Morgan fingerprint density at radius 3 is 2.76 bits per heavy atom. The van der Waals surface area contributed by atoms with Crippen LogP contribution < -0.4 is 10.6 Å². The minimum absolute atomic E-state index is 0.225. The van der Waals surface area contributed by atoms with Crippen molar-refractivity contribution in [3.8, 4) is 0 Å². The van der Waals surface area contributed by atoms with Gasteiger partial charge in [-0.25, -0.2) is 9.37 Å². The Morgan fingerprint density at radius 2 is 2.14 bits per heavy atom. The van der Waals surface area contributed by atoms with Crippen molar-refractivity contribution in [2.24, 2.45) is 0 Å². The van der Waals surface area contributed by atoms with Crippen molar-refractivity contribution in [3.05, 3.63) is 52.9 Å². The van der Waals surface area contributed by atoms with Crippen LogP contribution in [0, 0.1) is 5.82 Å². The Bertz CT molecular complexity index is 611. The molecule has 0 bridgehead atoms. The summed E-state index contributed by atoms with van der Waals surface area (Å²) < 4.78 is 13.2. The van der Waals surface area contributed by atoms with Gasteiger partial charge in [0.15, 0.2) is 0 Å². The molecule has 0 fully saturated rings. The summed E-state index contributed by atoms with van der Waals surface area (Å²) in [4.78, 5) is 16.2. The average molecular weight is 308 g/mol. The molecule has 0 saturated heterocycles. The van der Waals surface area contributed by atoms with Crippen molar-refractivity contribution in [1.29, 1.82) is 0 Å². The minimum atomic E-state index is -0.505. The van der Waals surface area contributed by atoms with Gasteiger partial charge >= 0.3 is 0 Å². The van der Waals surface area contributed by atoms with Crippen LogP contribution in [0.15, 0.2) is 36.5 Å². The van der Waals surface area contributed by atoms with E-state index in [-0.39, 0.29) is 10.9 Å². The Hall–Kier alpha value is -2.14. The highest BCUT2D eigenvalue weighted by Gasteiger charge is 2.08. The maximum Gasteiger partial charge on any atom is 0.257 e. The van der Waals surface area contributed by atoms with Crippen LogP contribution in [0.25, 0.3) is 0 Å². The third-order valence-electron chi connectivity index (χ3n) is 2.70. The maximum absolute atomic E-state index is 13.2. The first-order valence-electron chi connectivity index (χ1n) is 6.56. The minimum Gasteiger partial charge on any atom is -0.370 e. The summed E-state index contributed by atoms with van der Waals surface area (Å²) in [5, 5.41) is 5.92. The molecule has 1 aromatic heterocycles. The summed E-state index contributed by atoms with van der Waals surface area (Å²) in [6.07, 6.45) is 2.46. The van der Waals surface area contributed by atoms with Crippen LogP contribution in [0.2, 0.25) is 5.02 Å². The number of halogens is 2. The van der Waals surface area contributed by atoms with E-state index in [0.29, 0.717) is 17.1 Å². The number of nitrogens with one attached hydrogen (secondary N) is 2. The Balaban J connectivity index is 2.06. The number of carbonyl (C=O) groups excluding carboxylic acids is 1. The fourth-order valence-corrected chi connectivity index (χ4v) is 1.94. The number of amides is 1. The fraction of sp³-hybridized carbons (Fsp3) is 0.200. The molecule has 21 heavy (non-hydrogen) atoms. The highest BCUT2D eigenvalue weighted by atomic mass is 35.5. The fourth-order valence-electron chi connectivity index (χ4n) is 1.72. The summed E-state index contributed by atoms with van der Waals surface area (Å²) in [5.41, 5.74) is 0.690. The van der Waals surface area contributed by atoms with E-state index < -0.39 is 5.82 Å². The largest absolute Gasteiger partial charge is 0.370 e. The van der Waals surface area contributed by atoms with Crippen LogP contribution in [0.4, 0.5) is 15.9 Å². The zero-order valence-corrected chi connectivity index (χ0v) is 12.2. The standard InChI is InChI=1S/C15H15ClFN3O/c1-2-5-18-14-4-3-10(9-19-14)15(21)20-13-7-11(16)6-12(17)8-13/h3-4,6-9H,2,5H2,1H3,(H,18,19)(H,20,21). The molecule has 2 N–H and O–H groups in total. The number of aromatic nitrogens is 1. The lowest BCUT2D eigenvalue weighted by atomic mass is 10.2. The second-order valence-electron chi connectivity index (χ2n) is 4.47. The SMILES string of the molecule is CCCNc1ccc(C(=O)Nc2cc(F)cc(Cl)c2)cn1. The van der Waals surface area contributed by atoms with Gasteiger partial charge in [-0.15, -0.1) is 0 Å². The number of nitrogens with zero attached hydrogens (tertiary/aromatic N) is 1. The van der Waals surface area contributed by atoms with Crippen LogP contribution >= 0.6 is 11.6 Å². The first kappa shape index (κ1) is 15.3. The van der Waals surface area contributed by atoms with Gasteiger partial charge in [-0.2, -0.15) is 0 Å². The smallest absolute Gasteiger partial charge is 0.257 e. The van der Waals surface area contributed by atoms with Gasteiger partial charge in [-0.05, 0) is 36.8 Å². The topological polar surface area (TPSA) is 54.0 Å². The van der Waals surface area contributed by atoms with Crippen molar-refractivity contribution >= 4 is 29.0 Å². The van der Waals surface area contributed by atoms with E-state index in [0.717, 1.165) is 13.0 Å². The average Bonchev–Trinajstić information content (AvgIpc) is 2.44. The quantitative estimate of drug-likeness (QED) is 0.879. The van der Waals surface area contributed by atoms with E-state index >= 15 is 0 Å². The zero-order chi connectivity index (χ0) is 15.2. The van der Waals surface area contributed by atoms with Crippen LogP contribution in [-0.2, 0) is 0 Å². The number of pyridine rings is 1. The molecule has 2 rings (SSSR count). The number of hydrogen-bond acceptors (Lipinski definition) is 3. The molecule has 1 amide bonds. The van der Waals surface area contributed by atoms with Crippen LogP contribution in [0.5, 0.6) is 0 Å². The van der Waals surface area contributed by atoms with Gasteiger partial charge in [0.25, 0.3) is 5.91 Å². The van der Waals surface area contributed by atoms with Crippen molar-refractivity contribution in [1.82, 2.24) is 4.98 Å². The molecule has 0 aliphatic rings. The lowest BCUT2D eigenvalue weighted by Gasteiger charge is -2.07. The third-order valence-corrected chi connectivity index (χ3v) is 2.92. The molecule has 0 unspecified atom stereocenters. The van der Waals surface area contributed by atoms with Crippen LogP contribution in [-0.4, -0.2) is 17.4 Å². The van der Waals surface area contributed by atoms with Gasteiger partial charge in [0.2, 0.25) is 0 Å². The molecule has 1 aromatic carbocycles. The molecular weight excluding hydrogens is 293 g/mol. The predicted molar refractivity (Wildman–Crippen MR) is 82.4 cm³/mol. The van der Waals surface area contributed by atoms with E-state index in [1.165, 1.54) is 24.4 Å². The number of carbonyl (C=O) groups is 1. The molecule has 2 aromatic rings. The highest BCUT2D eigenvalue weighted by molar-refractivity contribution is 6.31. The van der Waals surface area contributed by atoms with E-state index in [1.54, 1.807) is 12.1 Å². The molecule has 0 saturated carbocycles. The predicted octanol–water partition coefficient (Wildman–Crippen LogP) is 3.95. The Kier molecular flexibility index (Phi) is 5.11. The highest BCUT2D eigenvalue weighted by Crippen LogP contribution is 2.18. The van der Waals surface area contributed by atoms with E-state index in [9.17, 15) is 9.18 Å². The van der Waals surface area contributed by atoms with Crippen LogP contribution in [0.3, 0.4) is 0 Å². The normalized spacial score (nSPS) is 10.2. The van der Waals surface area contributed by atoms with Gasteiger partial charge in [0, 0.05) is 23.5 Å². The second kappa shape index (κ2) is 7.04. The molecule has 0 spiro atoms. The van der Waals surface area contributed by atoms with E-state index in [1.807, 2.05) is 0 Å². The molecule has 0 atom stereocenters. The number of anilines is 2. The molecular formula is C15H15ClFN3O. The summed E-state index contributed by atoms with van der Waals surface area (Å²) in [6, 6.07) is 7.23. The van der Waals surface area contributed by atoms with Gasteiger partial charge < -0.3 is 10.6 Å². The summed E-state index contributed by atoms with van der Waals surface area (Å²) >= 11 is 5.74. The summed E-state index contributed by atoms with van der Waals surface area (Å²) in [7, 11) is 0. The van der Waals surface area contributed by atoms with Gasteiger partial charge in [-0.3, -0.25) is 4.79 Å². The molecule has 0 aliphatic carbocycles. The Morgan fingerprint density at radius 1 is 1.33 bits per heavy atom. The summed E-state index contributed by atoms with van der Waals surface area (Å²) in [6.45, 7) is 2.87. The lowest BCUT2D eigenvalue weighted by Crippen LogP contribution is -2.12. The lowest BCUT2D eigenvalue weighted by molar-refractivity contribution is 0.102. The van der Waals surface area contributed by atoms with Crippen LogP contribution in [0.1, 0.15) is 23.7 Å². The third kappa shape index (κ3) is 4.43. The van der Waals surface area contributed by atoms with E-state index in [2.05, 4.69) is 22.5 Å². The second-order valence-corrected chi connectivity index (χ2v) is 4.91. The molecule has 0 aliphatic heterocycles. The van der Waals surface area contributed by atoms with Crippen molar-refractivity contribution in [2.75, 3.05) is 17.2 Å². The van der Waals surface area contributed by atoms with Gasteiger partial charge in [-0.1, -0.05) is 18.5 Å². The summed E-state index contributed by atoms with van der Waals surface area (Å²) in [5.74, 6) is -0.163. The monoisotopic (exact) mass is 307 g/mol. The molecule has 1 heterocycles. The van der Waals surface area contributed by atoms with Crippen molar-refractivity contribution in [3.63, 3.8) is 0 Å². The van der Waals surface area contributed by atoms with Crippen molar-refractivity contribution in [2.45, 2.75) is 13.3 Å². The van der Waals surface area contributed by atoms with Gasteiger partial charge in [0.05, 0.1) is 5.56 Å². The number of benzene rings is 1. The molecule has 0 radical (unpaired) electrons. The molecule has 6 heteroatoms. The van der Waals surface area contributed by atoms with Crippen molar-refractivity contribution < 1.29 is 9.18 Å². The number of hydrogen-bond donors (Lipinski definition) is 2. The number of rotatable bonds is 5. The first-order valence-corrected chi connectivity index (χ1v) is 6.93. The zero-order valence-electron chi connectivity index (χ0n) is 11.5. The van der Waals surface area contributed by atoms with Gasteiger partial charge in [0.1, 0.15) is 11.6 Å². The first-order chi connectivity index (χ1) is 10.1. The Labute approximate surface area is 127 Å². The van der Waals surface area contributed by atoms with E-state index in [4.69, 9.17) is 11.6 Å². The molecule has 4 nitrogen and oxygen atoms in total. The molecule has 110 valence electrons. The maximum atomic E-state index is 13.2.